The molecule has 2 rings (SSSR count). The zero-order valence-corrected chi connectivity index (χ0v) is 18.7. The summed E-state index contributed by atoms with van der Waals surface area (Å²) in [5, 5.41) is 24.5. The summed E-state index contributed by atoms with van der Waals surface area (Å²) in [6.45, 7) is 0. The Hall–Kier alpha value is -3.47. The largest absolute Gasteiger partial charge is 0.481 e. The van der Waals surface area contributed by atoms with Gasteiger partial charge in [-0.15, -0.1) is 11.3 Å². The molecular weight excluding hydrogens is 450 g/mol. The number of aliphatic carboxylic acids is 2. The second-order valence-corrected chi connectivity index (χ2v) is 8.59. The van der Waals surface area contributed by atoms with Gasteiger partial charge in [0.15, 0.2) is 0 Å². The van der Waals surface area contributed by atoms with Crippen LogP contribution >= 0.6 is 11.3 Å². The number of allylic oxidation sites excluding steroid dienone is 4. The van der Waals surface area contributed by atoms with E-state index in [0.717, 1.165) is 12.0 Å². The van der Waals surface area contributed by atoms with E-state index in [-0.39, 0.29) is 18.8 Å². The van der Waals surface area contributed by atoms with Gasteiger partial charge in [0.1, 0.15) is 12.1 Å². The van der Waals surface area contributed by atoms with Crippen LogP contribution in [0.3, 0.4) is 0 Å². The molecule has 0 aromatic carbocycles. The molecule has 0 saturated heterocycles. The molecule has 178 valence electrons. The minimum absolute atomic E-state index is 0.113. The van der Waals surface area contributed by atoms with Gasteiger partial charge in [0.2, 0.25) is 17.7 Å². The Kier molecular flexibility index (Phi) is 9.80. The fraction of sp³-hybridized carbons (Fsp3) is 0.409. The lowest BCUT2D eigenvalue weighted by Crippen LogP contribution is -2.53. The SMILES string of the molecule is NC(=O)[C@H](CC(=O)O)NC(=O)[C@H](CCC(=O)O)NC(=O)CCC1C=CC(c2cccs2)=CC1. The van der Waals surface area contributed by atoms with E-state index in [1.165, 1.54) is 4.88 Å². The lowest BCUT2D eigenvalue weighted by molar-refractivity contribution is -0.140. The summed E-state index contributed by atoms with van der Waals surface area (Å²) >= 11 is 1.65. The number of primary amides is 1. The van der Waals surface area contributed by atoms with Gasteiger partial charge < -0.3 is 26.6 Å². The first-order valence-electron chi connectivity index (χ1n) is 10.4. The lowest BCUT2D eigenvalue weighted by Gasteiger charge is -2.21. The first-order valence-corrected chi connectivity index (χ1v) is 11.3. The van der Waals surface area contributed by atoms with Crippen molar-refractivity contribution >= 4 is 46.6 Å². The maximum absolute atomic E-state index is 12.5. The van der Waals surface area contributed by atoms with Crippen molar-refractivity contribution in [2.75, 3.05) is 0 Å². The molecule has 1 unspecified atom stereocenters. The number of carboxylic acids is 2. The molecule has 1 aromatic heterocycles. The zero-order valence-electron chi connectivity index (χ0n) is 17.9. The summed E-state index contributed by atoms with van der Waals surface area (Å²) in [6.07, 6.45) is 6.25. The average molecular weight is 478 g/mol. The topological polar surface area (TPSA) is 176 Å². The zero-order chi connectivity index (χ0) is 24.4. The molecule has 1 heterocycles. The van der Waals surface area contributed by atoms with E-state index in [0.29, 0.717) is 6.42 Å². The van der Waals surface area contributed by atoms with E-state index in [1.54, 1.807) is 11.3 Å². The quantitative estimate of drug-likeness (QED) is 0.284. The van der Waals surface area contributed by atoms with Gasteiger partial charge in [0, 0.05) is 17.7 Å². The molecule has 3 atom stereocenters. The van der Waals surface area contributed by atoms with E-state index >= 15 is 0 Å². The van der Waals surface area contributed by atoms with Crippen LogP contribution < -0.4 is 16.4 Å². The van der Waals surface area contributed by atoms with Gasteiger partial charge in [-0.25, -0.2) is 0 Å². The number of rotatable bonds is 13. The Balaban J connectivity index is 1.90. The summed E-state index contributed by atoms with van der Waals surface area (Å²) < 4.78 is 0. The fourth-order valence-corrected chi connectivity index (χ4v) is 4.04. The highest BCUT2D eigenvalue weighted by Gasteiger charge is 2.27. The number of hydrogen-bond donors (Lipinski definition) is 5. The highest BCUT2D eigenvalue weighted by molar-refractivity contribution is 7.11. The predicted molar refractivity (Wildman–Crippen MR) is 121 cm³/mol. The summed E-state index contributed by atoms with van der Waals surface area (Å²) in [6, 6.07) is 1.30. The van der Waals surface area contributed by atoms with Gasteiger partial charge in [-0.2, -0.15) is 0 Å². The first-order chi connectivity index (χ1) is 15.7. The second-order valence-electron chi connectivity index (χ2n) is 7.64. The normalized spacial score (nSPS) is 16.8. The number of carbonyl (C=O) groups excluding carboxylic acids is 3. The minimum atomic E-state index is -1.48. The highest BCUT2D eigenvalue weighted by Crippen LogP contribution is 2.28. The average Bonchev–Trinajstić information content (AvgIpc) is 3.29. The van der Waals surface area contributed by atoms with Crippen LogP contribution in [0.2, 0.25) is 0 Å². The molecule has 0 bridgehead atoms. The van der Waals surface area contributed by atoms with Gasteiger partial charge >= 0.3 is 11.9 Å². The molecule has 10 nitrogen and oxygen atoms in total. The molecule has 0 radical (unpaired) electrons. The highest BCUT2D eigenvalue weighted by atomic mass is 32.1. The van der Waals surface area contributed by atoms with Crippen molar-refractivity contribution < 1.29 is 34.2 Å². The Morgan fingerprint density at radius 1 is 1.09 bits per heavy atom. The van der Waals surface area contributed by atoms with Crippen LogP contribution in [0, 0.1) is 5.92 Å². The molecule has 0 spiro atoms. The number of carboxylic acid groups (broad SMARTS) is 2. The van der Waals surface area contributed by atoms with Crippen molar-refractivity contribution in [3.63, 3.8) is 0 Å². The Morgan fingerprint density at radius 3 is 2.39 bits per heavy atom. The first kappa shape index (κ1) is 25.8. The van der Waals surface area contributed by atoms with Crippen molar-refractivity contribution in [3.8, 4) is 0 Å². The summed E-state index contributed by atoms with van der Waals surface area (Å²) in [5.74, 6) is -4.72. The van der Waals surface area contributed by atoms with Gasteiger partial charge in [-0.05, 0) is 42.2 Å². The van der Waals surface area contributed by atoms with Crippen LogP contribution in [-0.2, 0) is 24.0 Å². The van der Waals surface area contributed by atoms with Crippen LogP contribution in [0.5, 0.6) is 0 Å². The van der Waals surface area contributed by atoms with Gasteiger partial charge in [0.05, 0.1) is 6.42 Å². The molecule has 1 aliphatic carbocycles. The molecule has 1 aromatic rings. The Labute approximate surface area is 194 Å². The molecule has 0 saturated carbocycles. The maximum Gasteiger partial charge on any atom is 0.305 e. The van der Waals surface area contributed by atoms with E-state index in [9.17, 15) is 24.0 Å². The number of thiophene rings is 1. The Morgan fingerprint density at radius 2 is 1.85 bits per heavy atom. The smallest absolute Gasteiger partial charge is 0.305 e. The van der Waals surface area contributed by atoms with Crippen molar-refractivity contribution in [3.05, 3.63) is 40.6 Å². The van der Waals surface area contributed by atoms with Gasteiger partial charge in [-0.1, -0.05) is 24.3 Å². The third-order valence-corrected chi connectivity index (χ3v) is 5.99. The standard InChI is InChI=1S/C22H27N3O7S/c23-21(31)16(12-20(29)30)25-22(32)15(8-10-19(27)28)24-18(26)9-5-13-3-6-14(7-4-13)17-2-1-11-33-17/h1-3,6-7,11,13,15-16H,4-5,8-10,12H2,(H2,23,31)(H,24,26)(H,25,32)(H,27,28)(H,29,30)/t13?,15-,16-/m0/s1. The Bertz CT molecular complexity index is 940. The summed E-state index contributed by atoms with van der Waals surface area (Å²) in [5.41, 5.74) is 6.26. The van der Waals surface area contributed by atoms with Gasteiger partial charge in [-0.3, -0.25) is 24.0 Å². The predicted octanol–water partition coefficient (Wildman–Crippen LogP) is 1.28. The molecule has 1 aliphatic rings. The van der Waals surface area contributed by atoms with Crippen molar-refractivity contribution in [2.45, 2.75) is 50.6 Å². The molecule has 0 fully saturated rings. The molecule has 33 heavy (non-hydrogen) atoms. The van der Waals surface area contributed by atoms with Crippen molar-refractivity contribution in [1.29, 1.82) is 0 Å². The lowest BCUT2D eigenvalue weighted by atomic mass is 9.92. The molecule has 3 amide bonds. The maximum atomic E-state index is 12.5. The van der Waals surface area contributed by atoms with Crippen LogP contribution in [0.25, 0.3) is 5.57 Å². The molecular formula is C22H27N3O7S. The third-order valence-electron chi connectivity index (χ3n) is 5.07. The van der Waals surface area contributed by atoms with Crippen LogP contribution in [0.1, 0.15) is 43.4 Å². The second kappa shape index (κ2) is 12.5. The van der Waals surface area contributed by atoms with Crippen molar-refractivity contribution in [1.82, 2.24) is 10.6 Å². The molecule has 11 heteroatoms. The van der Waals surface area contributed by atoms with Crippen LogP contribution in [-0.4, -0.2) is 52.0 Å². The third kappa shape index (κ3) is 8.89. The monoisotopic (exact) mass is 477 g/mol. The number of amides is 3. The van der Waals surface area contributed by atoms with E-state index < -0.39 is 54.6 Å². The molecule has 0 aliphatic heterocycles. The van der Waals surface area contributed by atoms with E-state index in [4.69, 9.17) is 15.9 Å². The number of carbonyl (C=O) groups is 5. The van der Waals surface area contributed by atoms with Gasteiger partial charge in [0.25, 0.3) is 0 Å². The fourth-order valence-electron chi connectivity index (χ4n) is 3.29. The van der Waals surface area contributed by atoms with Crippen LogP contribution in [0.15, 0.2) is 35.7 Å². The minimum Gasteiger partial charge on any atom is -0.481 e. The van der Waals surface area contributed by atoms with E-state index in [1.807, 2.05) is 29.7 Å². The van der Waals surface area contributed by atoms with Crippen LogP contribution in [0.4, 0.5) is 0 Å². The molecule has 6 N–H and O–H groups in total. The van der Waals surface area contributed by atoms with E-state index in [2.05, 4.69) is 16.7 Å². The number of nitrogens with one attached hydrogen (secondary N) is 2. The summed E-state index contributed by atoms with van der Waals surface area (Å²) in [7, 11) is 0. The number of hydrogen-bond acceptors (Lipinski definition) is 6. The number of nitrogens with two attached hydrogens (primary N) is 1. The summed E-state index contributed by atoms with van der Waals surface area (Å²) in [4.78, 5) is 59.3. The van der Waals surface area contributed by atoms with Crippen molar-refractivity contribution in [2.24, 2.45) is 11.7 Å².